The molecular weight excluding hydrogens is 442 g/mol. The zero-order valence-electron chi connectivity index (χ0n) is 17.0. The van der Waals surface area contributed by atoms with Crippen LogP contribution >= 0.6 is 0 Å². The van der Waals surface area contributed by atoms with Crippen molar-refractivity contribution in [2.45, 2.75) is 80.3 Å². The molecule has 2 rings (SSSR count). The van der Waals surface area contributed by atoms with Crippen molar-refractivity contribution in [3.8, 4) is 0 Å². The molecule has 0 spiro atoms. The molecule has 0 aromatic heterocycles. The van der Waals surface area contributed by atoms with Crippen LogP contribution in [0.4, 0.5) is 0 Å². The zero-order valence-corrected chi connectivity index (χ0v) is 17.0. The second kappa shape index (κ2) is 10.6. The molecule has 10 N–H and O–H groups in total. The lowest BCUT2D eigenvalue weighted by molar-refractivity contribution is -0.313. The van der Waals surface area contributed by atoms with Gasteiger partial charge in [-0.05, 0) is 0 Å². The maximum Gasteiger partial charge on any atom is 0.364 e. The first-order chi connectivity index (χ1) is 14.8. The Labute approximate surface area is 181 Å². The summed E-state index contributed by atoms with van der Waals surface area (Å²) in [5, 5.41) is 91.1. The number of carbonyl (C=O) groups excluding carboxylic acids is 1. The number of aliphatic hydroxyl groups is 8. The van der Waals surface area contributed by atoms with Crippen LogP contribution in [-0.4, -0.2) is 138 Å². The average Bonchev–Trinajstić information content (AvgIpc) is 2.72. The number of rotatable bonds is 8. The first kappa shape index (κ1) is 26.7. The van der Waals surface area contributed by atoms with E-state index < -0.39 is 98.5 Å². The number of nitrogens with one attached hydrogen (secondary N) is 1. The van der Waals surface area contributed by atoms with E-state index in [9.17, 15) is 45.3 Å². The van der Waals surface area contributed by atoms with Crippen molar-refractivity contribution in [2.75, 3.05) is 13.2 Å². The maximum atomic E-state index is 11.4. The summed E-state index contributed by atoms with van der Waals surface area (Å²) in [6.45, 7) is -0.457. The molecule has 11 unspecified atom stereocenters. The van der Waals surface area contributed by atoms with Crippen LogP contribution in [0.2, 0.25) is 0 Å². The lowest BCUT2D eigenvalue weighted by atomic mass is 9.88. The van der Waals surface area contributed by atoms with Crippen molar-refractivity contribution in [1.82, 2.24) is 5.32 Å². The van der Waals surface area contributed by atoms with Crippen LogP contribution in [0, 0.1) is 0 Å². The Kier molecular flexibility index (Phi) is 8.88. The van der Waals surface area contributed by atoms with Crippen molar-refractivity contribution in [2.24, 2.45) is 0 Å². The molecule has 186 valence electrons. The van der Waals surface area contributed by atoms with Crippen LogP contribution in [0.5, 0.6) is 0 Å². The van der Waals surface area contributed by atoms with Crippen molar-refractivity contribution < 1.29 is 69.8 Å². The van der Waals surface area contributed by atoms with Crippen LogP contribution in [-0.2, 0) is 23.8 Å². The highest BCUT2D eigenvalue weighted by Crippen LogP contribution is 2.31. The molecule has 0 aromatic carbocycles. The summed E-state index contributed by atoms with van der Waals surface area (Å²) in [6.07, 6.45) is -16.3. The van der Waals surface area contributed by atoms with Gasteiger partial charge >= 0.3 is 5.97 Å². The van der Waals surface area contributed by atoms with E-state index in [1.807, 2.05) is 0 Å². The molecule has 2 fully saturated rings. The Balaban J connectivity index is 2.11. The summed E-state index contributed by atoms with van der Waals surface area (Å²) in [7, 11) is 0. The number of hydrogen-bond acceptors (Lipinski definition) is 13. The zero-order chi connectivity index (χ0) is 24.4. The predicted octanol–water partition coefficient (Wildman–Crippen LogP) is -6.05. The molecule has 11 atom stereocenters. The number of amides is 1. The Morgan fingerprint density at radius 2 is 1.78 bits per heavy atom. The Morgan fingerprint density at radius 3 is 2.31 bits per heavy atom. The number of hydrogen-bond donors (Lipinski definition) is 10. The first-order valence-corrected chi connectivity index (χ1v) is 9.69. The topological polar surface area (TPSA) is 256 Å². The summed E-state index contributed by atoms with van der Waals surface area (Å²) >= 11 is 0. The Hall–Kier alpha value is -1.50. The van der Waals surface area contributed by atoms with E-state index in [4.69, 9.17) is 24.4 Å². The average molecular weight is 471 g/mol. The number of aliphatic hydroxyl groups excluding tert-OH is 7. The van der Waals surface area contributed by atoms with Gasteiger partial charge in [-0.25, -0.2) is 4.79 Å². The van der Waals surface area contributed by atoms with Crippen molar-refractivity contribution >= 4 is 11.9 Å². The molecule has 0 aliphatic carbocycles. The monoisotopic (exact) mass is 471 g/mol. The highest BCUT2D eigenvalue weighted by molar-refractivity contribution is 5.76. The van der Waals surface area contributed by atoms with Gasteiger partial charge in [0.1, 0.15) is 42.7 Å². The molecule has 2 saturated heterocycles. The van der Waals surface area contributed by atoms with Crippen molar-refractivity contribution in [3.63, 3.8) is 0 Å². The fourth-order valence-corrected chi connectivity index (χ4v) is 3.52. The summed E-state index contributed by atoms with van der Waals surface area (Å²) in [6, 6.07) is -1.41. The molecule has 0 radical (unpaired) electrons. The van der Waals surface area contributed by atoms with E-state index >= 15 is 0 Å². The molecule has 0 bridgehead atoms. The van der Waals surface area contributed by atoms with Gasteiger partial charge in [-0.2, -0.15) is 0 Å². The van der Waals surface area contributed by atoms with Gasteiger partial charge in [0.15, 0.2) is 6.29 Å². The number of carboxylic acid groups (broad SMARTS) is 1. The summed E-state index contributed by atoms with van der Waals surface area (Å²) < 4.78 is 15.2. The van der Waals surface area contributed by atoms with Gasteiger partial charge in [0.25, 0.3) is 5.79 Å². The third-order valence-electron chi connectivity index (χ3n) is 5.30. The molecule has 0 saturated carbocycles. The molecule has 15 nitrogen and oxygen atoms in total. The van der Waals surface area contributed by atoms with Gasteiger partial charge in [-0.1, -0.05) is 0 Å². The minimum atomic E-state index is -2.92. The van der Waals surface area contributed by atoms with Gasteiger partial charge in [0.2, 0.25) is 5.91 Å². The predicted molar refractivity (Wildman–Crippen MR) is 97.4 cm³/mol. The van der Waals surface area contributed by atoms with E-state index in [0.29, 0.717) is 0 Å². The molecule has 15 heteroatoms. The van der Waals surface area contributed by atoms with Crippen LogP contribution in [0.15, 0.2) is 0 Å². The van der Waals surface area contributed by atoms with Gasteiger partial charge in [-0.15, -0.1) is 0 Å². The van der Waals surface area contributed by atoms with E-state index in [1.54, 1.807) is 0 Å². The largest absolute Gasteiger partial charge is 0.477 e. The van der Waals surface area contributed by atoms with Crippen molar-refractivity contribution in [1.29, 1.82) is 0 Å². The van der Waals surface area contributed by atoms with Gasteiger partial charge in [-0.3, -0.25) is 4.79 Å². The fourth-order valence-electron chi connectivity index (χ4n) is 3.52. The SMILES string of the molecule is CC(=O)NC1C(O)CC(O)(C(=O)O)OC1C(O)C(O)COC1OC(CO)C(O)C(O)C1O. The highest BCUT2D eigenvalue weighted by atomic mass is 16.7. The minimum absolute atomic E-state index is 0.678. The third-order valence-corrected chi connectivity index (χ3v) is 5.30. The molecule has 2 heterocycles. The summed E-state index contributed by atoms with van der Waals surface area (Å²) in [4.78, 5) is 22.8. The summed E-state index contributed by atoms with van der Waals surface area (Å²) in [5.74, 6) is -5.47. The second-order valence-electron chi connectivity index (χ2n) is 7.76. The quantitative estimate of drug-likeness (QED) is 0.158. The Bertz CT molecular complexity index is 663. The number of aliphatic carboxylic acids is 1. The van der Waals surface area contributed by atoms with E-state index in [2.05, 4.69) is 5.32 Å². The lowest BCUT2D eigenvalue weighted by Crippen LogP contribution is -2.67. The van der Waals surface area contributed by atoms with E-state index in [0.717, 1.165) is 6.92 Å². The van der Waals surface area contributed by atoms with Crippen molar-refractivity contribution in [3.05, 3.63) is 0 Å². The first-order valence-electron chi connectivity index (χ1n) is 9.69. The minimum Gasteiger partial charge on any atom is -0.477 e. The van der Waals surface area contributed by atoms with Crippen LogP contribution in [0.1, 0.15) is 13.3 Å². The number of ether oxygens (including phenoxy) is 3. The fraction of sp³-hybridized carbons (Fsp3) is 0.882. The molecule has 1 amide bonds. The number of carbonyl (C=O) groups is 2. The number of carboxylic acids is 1. The van der Waals surface area contributed by atoms with Crippen LogP contribution in [0.25, 0.3) is 0 Å². The smallest absolute Gasteiger partial charge is 0.364 e. The standard InChI is InChI=1S/C17H29NO14/c1-5(20)18-9-6(21)2-17(29,16(27)28)32-14(9)10(23)7(22)4-30-15-13(26)12(25)11(24)8(3-19)31-15/h6-15,19,21-26,29H,2-4H2,1H3,(H,18,20)(H,27,28). The van der Waals surface area contributed by atoms with Gasteiger partial charge in [0.05, 0.1) is 25.4 Å². The second-order valence-corrected chi connectivity index (χ2v) is 7.76. The van der Waals surface area contributed by atoms with Crippen LogP contribution < -0.4 is 5.32 Å². The molecular formula is C17H29NO14. The summed E-state index contributed by atoms with van der Waals surface area (Å²) in [5.41, 5.74) is 0. The Morgan fingerprint density at radius 1 is 1.16 bits per heavy atom. The normalized spacial score (nSPS) is 42.2. The van der Waals surface area contributed by atoms with Gasteiger partial charge < -0.3 is 65.5 Å². The highest BCUT2D eigenvalue weighted by Gasteiger charge is 2.54. The molecule has 0 aromatic rings. The molecule has 2 aliphatic rings. The lowest BCUT2D eigenvalue weighted by Gasteiger charge is -2.45. The molecule has 2 aliphatic heterocycles. The third kappa shape index (κ3) is 5.70. The maximum absolute atomic E-state index is 11.4. The van der Waals surface area contributed by atoms with Crippen LogP contribution in [0.3, 0.4) is 0 Å². The molecule has 32 heavy (non-hydrogen) atoms. The van der Waals surface area contributed by atoms with E-state index in [1.165, 1.54) is 0 Å². The van der Waals surface area contributed by atoms with Gasteiger partial charge in [0, 0.05) is 13.3 Å². The van der Waals surface area contributed by atoms with E-state index in [-0.39, 0.29) is 0 Å².